The average molecular weight is 1800 g/mol. The zero-order chi connectivity index (χ0) is 95.2. The molecule has 670 valence electrons. The summed E-state index contributed by atoms with van der Waals surface area (Å²) >= 11 is 0. The number of hydrogen-bond acceptors (Lipinski definition) is 3. The SMILES string of the molecule is CC(C)(C)c1cc2ccc3c(-c4ccc(-c5ccccc5)cc4)cc(-c4ccc(-c5cccc(-c6ccccc6)n5)cc4)c4ccc(c1)c2c34.CC(C)(C)c1cc2ccc3c(-c4ccc(-c5ccccc5)cc4)cc(-c4cccc(-c5ccccn5)c4)c4ccc(c1)c2c34.Cc1cc(C)cc(-c2cc(-c3ccc(-c4ccc(-c5ccccc5)cn4)cc3)c3ccc4cc(C(C)(C)C)cc5ccc2c3c45)c1. The minimum Gasteiger partial charge on any atom is -0.256 e. The maximum Gasteiger partial charge on any atom is 0.0709 e. The van der Waals surface area contributed by atoms with E-state index in [4.69, 9.17) is 9.97 Å². The second-order valence-corrected chi connectivity index (χ2v) is 41.1. The Morgan fingerprint density at radius 1 is 0.164 bits per heavy atom. The fourth-order valence-electron chi connectivity index (χ4n) is 21.3. The van der Waals surface area contributed by atoms with Crippen molar-refractivity contribution in [1.82, 2.24) is 15.0 Å². The molecule has 0 N–H and O–H groups in total. The van der Waals surface area contributed by atoms with Gasteiger partial charge in [-0.15, -0.1) is 0 Å². The number of aryl methyl sites for hydroxylation is 2. The van der Waals surface area contributed by atoms with Gasteiger partial charge in [0.2, 0.25) is 0 Å². The molecular formula is C137H107N3. The number of hydrogen-bond donors (Lipinski definition) is 0. The van der Waals surface area contributed by atoms with E-state index in [-0.39, 0.29) is 16.2 Å². The predicted octanol–water partition coefficient (Wildman–Crippen LogP) is 38.1. The normalized spacial score (nSPS) is 12.0. The molecule has 0 saturated heterocycles. The number of nitrogens with zero attached hydrogens (tertiary/aromatic N) is 3. The van der Waals surface area contributed by atoms with Crippen molar-refractivity contribution in [3.05, 3.63) is 477 Å². The summed E-state index contributed by atoms with van der Waals surface area (Å²) in [4.78, 5) is 14.5. The van der Waals surface area contributed by atoms with Crippen molar-refractivity contribution in [1.29, 1.82) is 0 Å². The highest BCUT2D eigenvalue weighted by molar-refractivity contribution is 6.31. The highest BCUT2D eigenvalue weighted by Crippen LogP contribution is 2.51. The number of rotatable bonds is 13. The molecule has 3 heterocycles. The Hall–Kier alpha value is -16.6. The van der Waals surface area contributed by atoms with Crippen molar-refractivity contribution in [2.24, 2.45) is 0 Å². The molecule has 0 bridgehead atoms. The zero-order valence-electron chi connectivity index (χ0n) is 81.1. The van der Waals surface area contributed by atoms with E-state index in [0.29, 0.717) is 0 Å². The van der Waals surface area contributed by atoms with Crippen molar-refractivity contribution in [3.63, 3.8) is 0 Å². The maximum absolute atomic E-state index is 5.03. The van der Waals surface area contributed by atoms with Gasteiger partial charge < -0.3 is 0 Å². The number of benzene rings is 22. The molecule has 0 aliphatic heterocycles. The third-order valence-electron chi connectivity index (χ3n) is 28.7. The maximum atomic E-state index is 5.03. The van der Waals surface area contributed by atoms with Crippen molar-refractivity contribution in [3.8, 4) is 145 Å². The molecule has 3 aromatic heterocycles. The van der Waals surface area contributed by atoms with Crippen LogP contribution in [0.5, 0.6) is 0 Å². The lowest BCUT2D eigenvalue weighted by atomic mass is 9.81. The summed E-state index contributed by atoms with van der Waals surface area (Å²) in [6, 6.07) is 160. The van der Waals surface area contributed by atoms with Gasteiger partial charge in [0.25, 0.3) is 0 Å². The third kappa shape index (κ3) is 16.6. The fourth-order valence-corrected chi connectivity index (χ4v) is 21.3. The molecule has 25 rings (SSSR count). The lowest BCUT2D eigenvalue weighted by Crippen LogP contribution is -2.10. The second-order valence-electron chi connectivity index (χ2n) is 41.1. The van der Waals surface area contributed by atoms with Gasteiger partial charge in [0.1, 0.15) is 0 Å². The summed E-state index contributed by atoms with van der Waals surface area (Å²) in [5.74, 6) is 0. The van der Waals surface area contributed by atoms with Crippen LogP contribution in [-0.2, 0) is 16.2 Å². The van der Waals surface area contributed by atoms with Gasteiger partial charge in [0, 0.05) is 40.2 Å². The summed E-state index contributed by atoms with van der Waals surface area (Å²) in [6.07, 6.45) is 3.84. The van der Waals surface area contributed by atoms with Crippen molar-refractivity contribution in [2.45, 2.75) is 92.4 Å². The van der Waals surface area contributed by atoms with E-state index < -0.39 is 0 Å². The minimum atomic E-state index is 0.0679. The van der Waals surface area contributed by atoms with Crippen LogP contribution in [0, 0.1) is 13.8 Å². The Labute approximate surface area is 820 Å². The Bertz CT molecular complexity index is 8860. The Kier molecular flexibility index (Phi) is 22.2. The van der Waals surface area contributed by atoms with E-state index in [1.165, 1.54) is 219 Å². The molecule has 0 aliphatic rings. The van der Waals surface area contributed by atoms with Gasteiger partial charge in [-0.3, -0.25) is 9.97 Å². The summed E-state index contributed by atoms with van der Waals surface area (Å²) in [5.41, 5.74) is 37.4. The molecule has 0 aliphatic carbocycles. The lowest BCUT2D eigenvalue weighted by Gasteiger charge is -2.23. The van der Waals surface area contributed by atoms with E-state index in [9.17, 15) is 0 Å². The van der Waals surface area contributed by atoms with Crippen LogP contribution in [0.4, 0.5) is 0 Å². The molecule has 0 fully saturated rings. The average Bonchev–Trinajstić information content (AvgIpc) is 0.721. The molecule has 0 amide bonds. The van der Waals surface area contributed by atoms with Crippen LogP contribution in [0.2, 0.25) is 0 Å². The molecule has 25 aromatic rings. The van der Waals surface area contributed by atoms with E-state index in [1.54, 1.807) is 0 Å². The van der Waals surface area contributed by atoms with Gasteiger partial charge in [-0.1, -0.05) is 456 Å². The molecule has 0 spiro atoms. The Balaban J connectivity index is 0.000000117. The standard InChI is InChI=1S/C49H37N.C45H37N.C43H33N/c1-49(2,3)40-29-38-25-27-41-43(34-19-17-33(18-20-34)32-11-6-4-7-12-32)31-44(42-28-26-39(30-40)47(38)48(41)42)35-21-23-37(24-22-35)46-16-10-15-45(50-46)36-13-8-5-9-14-36;1-28-21-29(2)23-36(22-28)41-26-40(31-11-13-32(14-12-31)42-20-17-35(27-46-42)30-9-7-6-8-10-30)38-18-15-33-24-37(45(3,4)5)25-34-16-19-39(41)44(38)43(33)34;1-43(2,3)35-25-33-19-21-36-38(30-17-15-29(16-18-30)28-10-5-4-6-11-28)27-39(37-22-20-34(26-35)41(33)42(36)37)31-12-9-13-32(24-31)40-14-7-8-23-44-40/h4-31H,1-3H3;6-27H,1-5H3;4-27H,1-3H3. The van der Waals surface area contributed by atoms with Crippen LogP contribution < -0.4 is 0 Å². The lowest BCUT2D eigenvalue weighted by molar-refractivity contribution is 0.591. The van der Waals surface area contributed by atoms with Gasteiger partial charge in [-0.2, -0.15) is 0 Å². The molecule has 140 heavy (non-hydrogen) atoms. The van der Waals surface area contributed by atoms with Crippen LogP contribution in [0.1, 0.15) is 90.1 Å². The molecule has 0 atom stereocenters. The van der Waals surface area contributed by atoms with Gasteiger partial charge in [0.15, 0.2) is 0 Å². The first kappa shape index (κ1) is 87.5. The predicted molar refractivity (Wildman–Crippen MR) is 600 cm³/mol. The summed E-state index contributed by atoms with van der Waals surface area (Å²) in [7, 11) is 0. The Morgan fingerprint density at radius 2 is 0.429 bits per heavy atom. The number of pyridine rings is 3. The minimum absolute atomic E-state index is 0.0679. The van der Waals surface area contributed by atoms with Crippen LogP contribution in [0.15, 0.2) is 449 Å². The Morgan fingerprint density at radius 3 is 0.771 bits per heavy atom. The van der Waals surface area contributed by atoms with Crippen LogP contribution in [0.25, 0.3) is 242 Å². The monoisotopic (exact) mass is 1790 g/mol. The first-order valence-electron chi connectivity index (χ1n) is 49.0. The third-order valence-corrected chi connectivity index (χ3v) is 28.7. The highest BCUT2D eigenvalue weighted by atomic mass is 14.7. The fraction of sp³-hybridized carbons (Fsp3) is 0.102. The topological polar surface area (TPSA) is 38.7 Å². The molecule has 22 aromatic carbocycles. The van der Waals surface area contributed by atoms with Crippen LogP contribution >= 0.6 is 0 Å². The summed E-state index contributed by atoms with van der Waals surface area (Å²) in [5, 5.41) is 23.6. The molecular weight excluding hydrogens is 1690 g/mol. The van der Waals surface area contributed by atoms with Crippen LogP contribution in [-0.4, -0.2) is 15.0 Å². The van der Waals surface area contributed by atoms with E-state index in [2.05, 4.69) is 494 Å². The first-order chi connectivity index (χ1) is 68.1. The van der Waals surface area contributed by atoms with Gasteiger partial charge in [0.05, 0.1) is 22.8 Å². The molecule has 3 heteroatoms. The quantitative estimate of drug-likeness (QED) is 0.108. The zero-order valence-corrected chi connectivity index (χ0v) is 81.1. The smallest absolute Gasteiger partial charge is 0.0709 e. The van der Waals surface area contributed by atoms with E-state index >= 15 is 0 Å². The van der Waals surface area contributed by atoms with Crippen LogP contribution in [0.3, 0.4) is 0 Å². The molecule has 3 nitrogen and oxygen atoms in total. The molecule has 0 radical (unpaired) electrons. The van der Waals surface area contributed by atoms with E-state index in [1.807, 2.05) is 36.7 Å². The van der Waals surface area contributed by atoms with E-state index in [0.717, 1.165) is 50.6 Å². The largest absolute Gasteiger partial charge is 0.256 e. The van der Waals surface area contributed by atoms with Gasteiger partial charge >= 0.3 is 0 Å². The van der Waals surface area contributed by atoms with Crippen molar-refractivity contribution in [2.75, 3.05) is 0 Å². The first-order valence-corrected chi connectivity index (χ1v) is 49.0. The van der Waals surface area contributed by atoms with Crippen molar-refractivity contribution < 1.29 is 0 Å². The summed E-state index contributed by atoms with van der Waals surface area (Å²) in [6.45, 7) is 25.1. The molecule has 0 saturated carbocycles. The van der Waals surface area contributed by atoms with Gasteiger partial charge in [-0.05, 0) is 293 Å². The highest BCUT2D eigenvalue weighted by Gasteiger charge is 2.27. The molecule has 0 unspecified atom stereocenters. The van der Waals surface area contributed by atoms with Gasteiger partial charge in [-0.25, -0.2) is 4.98 Å². The van der Waals surface area contributed by atoms with Crippen molar-refractivity contribution >= 4 is 97.0 Å². The number of aromatic nitrogens is 3. The second kappa shape index (κ2) is 35.5. The summed E-state index contributed by atoms with van der Waals surface area (Å²) < 4.78 is 0.